The number of hydrogen-bond donors (Lipinski definition) is 0. The third kappa shape index (κ3) is 4.64. The van der Waals surface area contributed by atoms with E-state index in [4.69, 9.17) is 9.47 Å². The molecule has 0 spiro atoms. The number of carbonyl (C=O) groups excluding carboxylic acids is 1. The molecular weight excluding hydrogens is 218 g/mol. The van der Waals surface area contributed by atoms with Gasteiger partial charge in [0, 0.05) is 13.2 Å². The number of nitrogens with zero attached hydrogens (tertiary/aromatic N) is 1. The van der Waals surface area contributed by atoms with E-state index in [9.17, 15) is 4.79 Å². The zero-order valence-corrected chi connectivity index (χ0v) is 11.3. The first-order chi connectivity index (χ1) is 8.19. The van der Waals surface area contributed by atoms with Gasteiger partial charge in [-0.3, -0.25) is 9.69 Å². The van der Waals surface area contributed by atoms with Gasteiger partial charge in [0.15, 0.2) is 0 Å². The lowest BCUT2D eigenvalue weighted by molar-refractivity contribution is -0.150. The minimum atomic E-state index is -0.150. The largest absolute Gasteiger partial charge is 0.465 e. The normalized spacial score (nSPS) is 23.4. The fourth-order valence-electron chi connectivity index (χ4n) is 2.15. The zero-order chi connectivity index (χ0) is 12.7. The average Bonchev–Trinajstić information content (AvgIpc) is 2.36. The molecule has 2 unspecified atom stereocenters. The molecule has 0 saturated carbocycles. The first kappa shape index (κ1) is 14.5. The maximum Gasteiger partial charge on any atom is 0.323 e. The lowest BCUT2D eigenvalue weighted by Crippen LogP contribution is -2.48. The van der Waals surface area contributed by atoms with E-state index in [0.717, 1.165) is 39.0 Å². The first-order valence-corrected chi connectivity index (χ1v) is 6.71. The minimum Gasteiger partial charge on any atom is -0.465 e. The van der Waals surface area contributed by atoms with Crippen LogP contribution in [0.4, 0.5) is 0 Å². The van der Waals surface area contributed by atoms with Crippen molar-refractivity contribution >= 4 is 5.97 Å². The van der Waals surface area contributed by atoms with Gasteiger partial charge < -0.3 is 9.47 Å². The monoisotopic (exact) mass is 243 g/mol. The van der Waals surface area contributed by atoms with Crippen LogP contribution in [0.1, 0.15) is 40.0 Å². The smallest absolute Gasteiger partial charge is 0.323 e. The molecule has 0 aromatic rings. The lowest BCUT2D eigenvalue weighted by atomic mass is 10.1. The molecule has 1 saturated heterocycles. The number of hydrogen-bond acceptors (Lipinski definition) is 4. The molecule has 0 aromatic heterocycles. The predicted octanol–water partition coefficient (Wildman–Crippen LogP) is 1.83. The highest BCUT2D eigenvalue weighted by atomic mass is 16.5. The summed E-state index contributed by atoms with van der Waals surface area (Å²) in [4.78, 5) is 13.8. The summed E-state index contributed by atoms with van der Waals surface area (Å²) in [6.45, 7) is 8.95. The van der Waals surface area contributed by atoms with Gasteiger partial charge in [-0.05, 0) is 39.7 Å². The van der Waals surface area contributed by atoms with Gasteiger partial charge in [-0.25, -0.2) is 0 Å². The first-order valence-electron chi connectivity index (χ1n) is 6.71. The number of ether oxygens (including phenoxy) is 2. The Morgan fingerprint density at radius 3 is 2.88 bits per heavy atom. The highest BCUT2D eigenvalue weighted by Crippen LogP contribution is 2.16. The number of likely N-dealkylation sites (tertiary alicyclic amines) is 1. The molecule has 0 aromatic carbocycles. The maximum absolute atomic E-state index is 11.7. The summed E-state index contributed by atoms with van der Waals surface area (Å²) < 4.78 is 10.8. The fourth-order valence-corrected chi connectivity index (χ4v) is 2.15. The number of esters is 1. The van der Waals surface area contributed by atoms with E-state index in [2.05, 4.69) is 11.8 Å². The second kappa shape index (κ2) is 7.67. The van der Waals surface area contributed by atoms with Gasteiger partial charge in [0.05, 0.1) is 12.7 Å². The van der Waals surface area contributed by atoms with Crippen molar-refractivity contribution in [2.75, 3.05) is 26.3 Å². The van der Waals surface area contributed by atoms with Crippen LogP contribution in [0.3, 0.4) is 0 Å². The molecule has 2 atom stereocenters. The number of rotatable bonds is 6. The quantitative estimate of drug-likeness (QED) is 0.667. The Kier molecular flexibility index (Phi) is 6.52. The van der Waals surface area contributed by atoms with Crippen LogP contribution in [0.2, 0.25) is 0 Å². The molecule has 0 radical (unpaired) electrons. The lowest BCUT2D eigenvalue weighted by Gasteiger charge is -2.35. The van der Waals surface area contributed by atoms with Crippen LogP contribution in [-0.2, 0) is 14.3 Å². The van der Waals surface area contributed by atoms with Gasteiger partial charge in [-0.1, -0.05) is 6.92 Å². The molecule has 0 amide bonds. The molecule has 1 aliphatic rings. The number of piperidine rings is 1. The third-order valence-corrected chi connectivity index (χ3v) is 3.14. The highest BCUT2D eigenvalue weighted by molar-refractivity contribution is 5.75. The van der Waals surface area contributed by atoms with Crippen molar-refractivity contribution in [1.29, 1.82) is 0 Å². The van der Waals surface area contributed by atoms with E-state index >= 15 is 0 Å². The van der Waals surface area contributed by atoms with E-state index in [1.54, 1.807) is 0 Å². The zero-order valence-electron chi connectivity index (χ0n) is 11.3. The molecule has 17 heavy (non-hydrogen) atoms. The van der Waals surface area contributed by atoms with E-state index < -0.39 is 0 Å². The molecule has 1 aliphatic heterocycles. The highest BCUT2D eigenvalue weighted by Gasteiger charge is 2.28. The van der Waals surface area contributed by atoms with Crippen LogP contribution in [0.5, 0.6) is 0 Å². The summed E-state index contributed by atoms with van der Waals surface area (Å²) in [5.41, 5.74) is 0. The summed E-state index contributed by atoms with van der Waals surface area (Å²) in [6, 6.07) is -0.150. The van der Waals surface area contributed by atoms with Crippen molar-refractivity contribution in [3.63, 3.8) is 0 Å². The van der Waals surface area contributed by atoms with Crippen LogP contribution < -0.4 is 0 Å². The topological polar surface area (TPSA) is 38.8 Å². The van der Waals surface area contributed by atoms with Gasteiger partial charge in [-0.2, -0.15) is 0 Å². The number of carbonyl (C=O) groups is 1. The van der Waals surface area contributed by atoms with E-state index in [1.807, 2.05) is 13.8 Å². The van der Waals surface area contributed by atoms with Crippen molar-refractivity contribution in [2.45, 2.75) is 52.2 Å². The van der Waals surface area contributed by atoms with Crippen molar-refractivity contribution < 1.29 is 14.3 Å². The van der Waals surface area contributed by atoms with Crippen molar-refractivity contribution in [3.05, 3.63) is 0 Å². The summed E-state index contributed by atoms with van der Waals surface area (Å²) in [5, 5.41) is 0. The molecule has 100 valence electrons. The molecule has 0 N–H and O–H groups in total. The fraction of sp³-hybridized carbons (Fsp3) is 0.923. The molecule has 1 fully saturated rings. The van der Waals surface area contributed by atoms with Crippen LogP contribution in [0, 0.1) is 0 Å². The van der Waals surface area contributed by atoms with Gasteiger partial charge in [0.1, 0.15) is 6.04 Å². The summed E-state index contributed by atoms with van der Waals surface area (Å²) >= 11 is 0. The van der Waals surface area contributed by atoms with Crippen LogP contribution in [0.25, 0.3) is 0 Å². The Hall–Kier alpha value is -0.610. The van der Waals surface area contributed by atoms with Gasteiger partial charge >= 0.3 is 5.97 Å². The molecule has 0 aliphatic carbocycles. The third-order valence-electron chi connectivity index (χ3n) is 3.14. The Bertz CT molecular complexity index is 233. The Balaban J connectivity index is 2.39. The second-order valence-corrected chi connectivity index (χ2v) is 4.56. The predicted molar refractivity (Wildman–Crippen MR) is 66.9 cm³/mol. The van der Waals surface area contributed by atoms with Gasteiger partial charge in [0.2, 0.25) is 0 Å². The molecule has 1 rings (SSSR count). The second-order valence-electron chi connectivity index (χ2n) is 4.56. The summed E-state index contributed by atoms with van der Waals surface area (Å²) in [5.74, 6) is -0.122. The Morgan fingerprint density at radius 2 is 2.24 bits per heavy atom. The molecule has 4 heteroatoms. The van der Waals surface area contributed by atoms with Crippen molar-refractivity contribution in [2.24, 2.45) is 0 Å². The minimum absolute atomic E-state index is 0.122. The van der Waals surface area contributed by atoms with E-state index in [1.165, 1.54) is 0 Å². The molecular formula is C13H25NO3. The van der Waals surface area contributed by atoms with Gasteiger partial charge in [0.25, 0.3) is 0 Å². The molecule has 1 heterocycles. The van der Waals surface area contributed by atoms with Gasteiger partial charge in [-0.15, -0.1) is 0 Å². The van der Waals surface area contributed by atoms with Crippen LogP contribution in [-0.4, -0.2) is 49.3 Å². The SMILES string of the molecule is CCCOC1CCCN(C(C)C(=O)OCC)C1. The maximum atomic E-state index is 11.7. The van der Waals surface area contributed by atoms with Crippen molar-refractivity contribution in [1.82, 2.24) is 4.90 Å². The Morgan fingerprint density at radius 1 is 1.47 bits per heavy atom. The average molecular weight is 243 g/mol. The molecule has 0 bridgehead atoms. The Labute approximate surface area is 104 Å². The summed E-state index contributed by atoms with van der Waals surface area (Å²) in [7, 11) is 0. The summed E-state index contributed by atoms with van der Waals surface area (Å²) in [6.07, 6.45) is 3.52. The van der Waals surface area contributed by atoms with E-state index in [-0.39, 0.29) is 18.1 Å². The van der Waals surface area contributed by atoms with Crippen LogP contribution >= 0.6 is 0 Å². The van der Waals surface area contributed by atoms with E-state index in [0.29, 0.717) is 6.61 Å². The van der Waals surface area contributed by atoms with Crippen molar-refractivity contribution in [3.8, 4) is 0 Å². The standard InChI is InChI=1S/C13H25NO3/c1-4-9-17-12-7-6-8-14(10-12)11(3)13(15)16-5-2/h11-12H,4-10H2,1-3H3. The molecule has 4 nitrogen and oxygen atoms in total. The van der Waals surface area contributed by atoms with Crippen LogP contribution in [0.15, 0.2) is 0 Å².